The van der Waals surface area contributed by atoms with Crippen molar-refractivity contribution in [2.75, 3.05) is 0 Å². The fourth-order valence-corrected chi connectivity index (χ4v) is 10.7. The van der Waals surface area contributed by atoms with Crippen LogP contribution in [0.1, 0.15) is 11.1 Å². The second kappa shape index (κ2) is 13.6. The summed E-state index contributed by atoms with van der Waals surface area (Å²) in [6.07, 6.45) is -4.43. The molecule has 0 N–H and O–H groups in total. The van der Waals surface area contributed by atoms with Crippen molar-refractivity contribution < 1.29 is 22.0 Å². The minimum absolute atomic E-state index is 0.683. The number of para-hydroxylation sites is 4. The van der Waals surface area contributed by atoms with Gasteiger partial charge in [-0.2, -0.15) is 13.2 Å². The van der Waals surface area contributed by atoms with Crippen molar-refractivity contribution in [1.29, 1.82) is 0 Å². The number of nitrogens with zero attached hydrogens (tertiary/aromatic N) is 2. The van der Waals surface area contributed by atoms with Gasteiger partial charge in [0.25, 0.3) is 0 Å². The lowest BCUT2D eigenvalue weighted by atomic mass is 9.93. The SMILES string of the molecule is Cc1ccc(-c2ccc3c(c2)c2cc(-c4ccc(C(F)(F)F)cc4)ccc2c2nc4c(-c5cccc6c5oc5ccccc56)sc(-c5cccc6c5oc5ccccc56)c4nc32)cc1. The Balaban J connectivity index is 1.14. The summed E-state index contributed by atoms with van der Waals surface area (Å²) in [6, 6.07) is 55.0. The summed E-state index contributed by atoms with van der Waals surface area (Å²) in [5.74, 6) is 0. The lowest BCUT2D eigenvalue weighted by Gasteiger charge is -2.14. The van der Waals surface area contributed by atoms with E-state index in [1.165, 1.54) is 17.7 Å². The molecule has 13 rings (SSSR count). The Morgan fingerprint density at radius 3 is 1.33 bits per heavy atom. The van der Waals surface area contributed by atoms with Gasteiger partial charge in [-0.1, -0.05) is 127 Å². The highest BCUT2D eigenvalue weighted by Crippen LogP contribution is 2.50. The van der Waals surface area contributed by atoms with Crippen LogP contribution < -0.4 is 0 Å². The number of benzene rings is 9. The topological polar surface area (TPSA) is 52.1 Å². The molecular weight excluding hydrogens is 822 g/mol. The maximum absolute atomic E-state index is 13.6. The number of rotatable bonds is 4. The highest BCUT2D eigenvalue weighted by atomic mass is 32.1. The van der Waals surface area contributed by atoms with Crippen LogP contribution >= 0.6 is 11.3 Å². The number of furan rings is 2. The molecule has 0 saturated carbocycles. The fraction of sp³-hybridized carbons (Fsp3) is 0.0357. The molecule has 0 radical (unpaired) electrons. The molecule has 304 valence electrons. The van der Waals surface area contributed by atoms with Crippen LogP contribution in [0.25, 0.3) is 131 Å². The highest BCUT2D eigenvalue weighted by molar-refractivity contribution is 7.21. The predicted octanol–water partition coefficient (Wildman–Crippen LogP) is 16.9. The molecule has 4 heterocycles. The average Bonchev–Trinajstić information content (AvgIpc) is 4.02. The smallest absolute Gasteiger partial charge is 0.416 e. The number of aryl methyl sites for hydroxylation is 1. The number of thiophene rings is 1. The second-order valence-corrected chi connectivity index (χ2v) is 17.4. The third-order valence-corrected chi connectivity index (χ3v) is 13.8. The van der Waals surface area contributed by atoms with Crippen molar-refractivity contribution >= 4 is 98.8 Å². The Kier molecular flexibility index (Phi) is 7.82. The zero-order valence-electron chi connectivity index (χ0n) is 33.9. The summed E-state index contributed by atoms with van der Waals surface area (Å²) in [7, 11) is 0. The van der Waals surface area contributed by atoms with Gasteiger partial charge >= 0.3 is 6.18 Å². The first-order chi connectivity index (χ1) is 31.2. The number of alkyl halides is 3. The zero-order valence-corrected chi connectivity index (χ0v) is 34.7. The zero-order chi connectivity index (χ0) is 42.8. The third kappa shape index (κ3) is 5.55. The van der Waals surface area contributed by atoms with E-state index in [9.17, 15) is 13.2 Å². The number of halogens is 3. The van der Waals surface area contributed by atoms with E-state index in [1.54, 1.807) is 11.3 Å². The molecule has 0 fully saturated rings. The first-order valence-electron chi connectivity index (χ1n) is 20.9. The second-order valence-electron chi connectivity index (χ2n) is 16.4. The van der Waals surface area contributed by atoms with Crippen molar-refractivity contribution in [2.24, 2.45) is 0 Å². The van der Waals surface area contributed by atoms with Gasteiger partial charge in [-0.15, -0.1) is 11.3 Å². The molecule has 4 nitrogen and oxygen atoms in total. The Morgan fingerprint density at radius 2 is 0.844 bits per heavy atom. The van der Waals surface area contributed by atoms with Crippen molar-refractivity contribution in [3.8, 4) is 43.1 Å². The molecule has 0 amide bonds. The van der Waals surface area contributed by atoms with Gasteiger partial charge < -0.3 is 8.83 Å². The van der Waals surface area contributed by atoms with E-state index in [0.29, 0.717) is 5.56 Å². The van der Waals surface area contributed by atoms with E-state index < -0.39 is 11.7 Å². The summed E-state index contributed by atoms with van der Waals surface area (Å²) >= 11 is 1.63. The largest absolute Gasteiger partial charge is 0.455 e. The number of fused-ring (bicyclic) bond motifs is 13. The quantitative estimate of drug-likeness (QED) is 0.166. The molecule has 8 heteroatoms. The summed E-state index contributed by atoms with van der Waals surface area (Å²) in [4.78, 5) is 13.2. The Bertz CT molecular complexity index is 4070. The molecule has 0 atom stereocenters. The van der Waals surface area contributed by atoms with Crippen molar-refractivity contribution in [3.05, 3.63) is 181 Å². The van der Waals surface area contributed by atoms with Gasteiger partial charge in [-0.05, 0) is 88.5 Å². The van der Waals surface area contributed by atoms with Gasteiger partial charge in [0, 0.05) is 43.4 Å². The molecule has 0 spiro atoms. The van der Waals surface area contributed by atoms with Gasteiger partial charge in [-0.3, -0.25) is 0 Å². The van der Waals surface area contributed by atoms with E-state index >= 15 is 0 Å². The summed E-state index contributed by atoms with van der Waals surface area (Å²) < 4.78 is 54.1. The molecule has 0 aliphatic rings. The Hall–Kier alpha value is -7.81. The third-order valence-electron chi connectivity index (χ3n) is 12.6. The van der Waals surface area contributed by atoms with Crippen LogP contribution in [-0.4, -0.2) is 9.97 Å². The molecule has 9 aromatic carbocycles. The first kappa shape index (κ1) is 36.8. The van der Waals surface area contributed by atoms with E-state index in [-0.39, 0.29) is 0 Å². The monoisotopic (exact) mass is 852 g/mol. The molecule has 13 aromatic rings. The number of aromatic nitrogens is 2. The summed E-state index contributed by atoms with van der Waals surface area (Å²) in [5, 5.41) is 7.80. The minimum Gasteiger partial charge on any atom is -0.455 e. The van der Waals surface area contributed by atoms with Gasteiger partial charge in [0.15, 0.2) is 0 Å². The maximum atomic E-state index is 13.6. The molecule has 64 heavy (non-hydrogen) atoms. The number of hydrogen-bond acceptors (Lipinski definition) is 5. The lowest BCUT2D eigenvalue weighted by Crippen LogP contribution is -2.03. The van der Waals surface area contributed by atoms with E-state index in [0.717, 1.165) is 137 Å². The van der Waals surface area contributed by atoms with Crippen LogP contribution in [0, 0.1) is 6.92 Å². The van der Waals surface area contributed by atoms with Gasteiger partial charge in [0.1, 0.15) is 33.4 Å². The standard InChI is InChI=1S/C56H31F3N2O2S/c1-30-16-18-31(19-17-30)33-22-26-38-44(28-33)45-29-34(32-20-24-35(25-21-32)56(57,58)59)23-27-39(45)49-48(38)60-50-51(61-49)55(43-13-7-11-41-37-9-3-5-15-47(37)63-53(41)43)64-54(50)42-12-6-10-40-36-8-2-4-14-46(36)62-52(40)42/h2-29H,1H3. The molecule has 0 aliphatic carbocycles. The Labute approximate surface area is 366 Å². The molecule has 0 saturated heterocycles. The van der Waals surface area contributed by atoms with Crippen LogP contribution in [0.3, 0.4) is 0 Å². The molecule has 0 unspecified atom stereocenters. The predicted molar refractivity (Wildman–Crippen MR) is 256 cm³/mol. The van der Waals surface area contributed by atoms with Gasteiger partial charge in [-0.25, -0.2) is 9.97 Å². The van der Waals surface area contributed by atoms with Crippen LogP contribution in [0.5, 0.6) is 0 Å². The van der Waals surface area contributed by atoms with Gasteiger partial charge in [0.05, 0.1) is 26.4 Å². The van der Waals surface area contributed by atoms with E-state index in [4.69, 9.17) is 18.8 Å². The lowest BCUT2D eigenvalue weighted by molar-refractivity contribution is -0.137. The van der Waals surface area contributed by atoms with E-state index in [2.05, 4.69) is 104 Å². The normalized spacial score (nSPS) is 12.4. The molecular formula is C56H31F3N2O2S. The van der Waals surface area contributed by atoms with Crippen LogP contribution in [0.2, 0.25) is 0 Å². The minimum atomic E-state index is -4.43. The highest BCUT2D eigenvalue weighted by Gasteiger charge is 2.30. The van der Waals surface area contributed by atoms with Gasteiger partial charge in [0.2, 0.25) is 0 Å². The van der Waals surface area contributed by atoms with Crippen LogP contribution in [0.4, 0.5) is 13.2 Å². The van der Waals surface area contributed by atoms with Crippen molar-refractivity contribution in [1.82, 2.24) is 9.97 Å². The van der Waals surface area contributed by atoms with E-state index in [1.807, 2.05) is 48.5 Å². The Morgan fingerprint density at radius 1 is 0.406 bits per heavy atom. The maximum Gasteiger partial charge on any atom is 0.416 e. The average molecular weight is 853 g/mol. The first-order valence-corrected chi connectivity index (χ1v) is 21.8. The van der Waals surface area contributed by atoms with Crippen LogP contribution in [-0.2, 0) is 6.18 Å². The molecule has 4 aromatic heterocycles. The summed E-state index contributed by atoms with van der Waals surface area (Å²) in [5.41, 5.74) is 12.0. The summed E-state index contributed by atoms with van der Waals surface area (Å²) in [6.45, 7) is 2.07. The fourth-order valence-electron chi connectivity index (χ4n) is 9.45. The van der Waals surface area contributed by atoms with Crippen LogP contribution in [0.15, 0.2) is 179 Å². The molecule has 0 bridgehead atoms. The van der Waals surface area contributed by atoms with Crippen molar-refractivity contribution in [2.45, 2.75) is 13.1 Å². The molecule has 0 aliphatic heterocycles. The van der Waals surface area contributed by atoms with Crippen molar-refractivity contribution in [3.63, 3.8) is 0 Å². The number of hydrogen-bond donors (Lipinski definition) is 0.